The van der Waals surface area contributed by atoms with Gasteiger partial charge in [-0.25, -0.2) is 4.57 Å². The molecular formula is C44H82NO10P. The van der Waals surface area contributed by atoms with Crippen molar-refractivity contribution >= 4 is 25.7 Å². The predicted molar refractivity (Wildman–Crippen MR) is 226 cm³/mol. The van der Waals surface area contributed by atoms with Crippen LogP contribution in [0.4, 0.5) is 0 Å². The third-order valence-electron chi connectivity index (χ3n) is 9.67. The summed E-state index contributed by atoms with van der Waals surface area (Å²) in [4.78, 5) is 45.9. The summed E-state index contributed by atoms with van der Waals surface area (Å²) in [5.74, 6) is -2.38. The molecule has 0 aromatic heterocycles. The lowest BCUT2D eigenvalue weighted by Gasteiger charge is -2.20. The maximum absolute atomic E-state index is 12.6. The average Bonchev–Trinajstić information content (AvgIpc) is 3.17. The number of ether oxygens (including phenoxy) is 2. The van der Waals surface area contributed by atoms with Gasteiger partial charge in [-0.1, -0.05) is 154 Å². The second-order valence-electron chi connectivity index (χ2n) is 15.2. The topological polar surface area (TPSA) is 172 Å². The molecule has 0 aliphatic carbocycles. The van der Waals surface area contributed by atoms with Crippen LogP contribution in [-0.2, 0) is 37.5 Å². The lowest BCUT2D eigenvalue weighted by Crippen LogP contribution is -2.34. The van der Waals surface area contributed by atoms with Crippen LogP contribution in [0.2, 0.25) is 0 Å². The number of phosphoric acid groups is 1. The number of carboxylic acid groups (broad SMARTS) is 1. The average molecular weight is 816 g/mol. The van der Waals surface area contributed by atoms with Crippen molar-refractivity contribution in [2.75, 3.05) is 19.8 Å². The predicted octanol–water partition coefficient (Wildman–Crippen LogP) is 11.8. The lowest BCUT2D eigenvalue weighted by molar-refractivity contribution is -0.161. The number of phosphoric ester groups is 1. The van der Waals surface area contributed by atoms with Crippen molar-refractivity contribution in [1.82, 2.24) is 0 Å². The third-order valence-corrected chi connectivity index (χ3v) is 10.6. The van der Waals surface area contributed by atoms with Crippen molar-refractivity contribution in [1.29, 1.82) is 0 Å². The number of hydrogen-bond acceptors (Lipinski definition) is 9. The maximum Gasteiger partial charge on any atom is 0.472 e. The quantitative estimate of drug-likeness (QED) is 0.0232. The van der Waals surface area contributed by atoms with Gasteiger partial charge in [0, 0.05) is 12.8 Å². The minimum absolute atomic E-state index is 0.159. The Morgan fingerprint density at radius 1 is 0.536 bits per heavy atom. The monoisotopic (exact) mass is 816 g/mol. The number of nitrogens with two attached hydrogens (primary N) is 1. The molecule has 4 N–H and O–H groups in total. The van der Waals surface area contributed by atoms with Crippen molar-refractivity contribution in [2.24, 2.45) is 5.73 Å². The molecule has 0 rings (SSSR count). The van der Waals surface area contributed by atoms with Crippen LogP contribution in [0.1, 0.15) is 206 Å². The minimum atomic E-state index is -4.71. The highest BCUT2D eigenvalue weighted by Gasteiger charge is 2.28. The highest BCUT2D eigenvalue weighted by molar-refractivity contribution is 7.47. The molecule has 0 saturated heterocycles. The Bertz CT molecular complexity index is 1050. The summed E-state index contributed by atoms with van der Waals surface area (Å²) >= 11 is 0. The molecule has 0 heterocycles. The molecule has 0 aromatic carbocycles. The van der Waals surface area contributed by atoms with E-state index in [1.807, 2.05) is 0 Å². The molecule has 0 aliphatic rings. The summed E-state index contributed by atoms with van der Waals surface area (Å²) in [6.45, 7) is 2.78. The van der Waals surface area contributed by atoms with Crippen LogP contribution in [0.5, 0.6) is 0 Å². The number of rotatable bonds is 42. The van der Waals surface area contributed by atoms with Gasteiger partial charge in [0.15, 0.2) is 6.10 Å². The van der Waals surface area contributed by atoms with Crippen molar-refractivity contribution in [3.63, 3.8) is 0 Å². The first-order chi connectivity index (χ1) is 27.1. The fraction of sp³-hybridized carbons (Fsp3) is 0.841. The van der Waals surface area contributed by atoms with E-state index in [1.165, 1.54) is 109 Å². The standard InChI is InChI=1S/C44H82NO10P/c1-3-5-7-9-11-13-15-17-18-19-20-21-22-24-26-28-30-32-34-36-43(47)55-40(38-53-56(50,51)54-39-41(45)44(48)49)37-52-42(46)35-33-31-29-27-25-23-16-14-12-10-8-6-4-2/h14,16-18,40-41H,3-13,15,19-39,45H2,1-2H3,(H,48,49)(H,50,51)/b16-14-,18-17-/t40-,41+/m1/s1. The van der Waals surface area contributed by atoms with Crippen molar-refractivity contribution < 1.29 is 47.5 Å². The highest BCUT2D eigenvalue weighted by Crippen LogP contribution is 2.43. The Balaban J connectivity index is 4.32. The molecule has 0 aromatic rings. The summed E-state index contributed by atoms with van der Waals surface area (Å²) in [5, 5.41) is 8.89. The Hall–Kier alpha value is -2.04. The van der Waals surface area contributed by atoms with Gasteiger partial charge in [-0.15, -0.1) is 0 Å². The minimum Gasteiger partial charge on any atom is -0.480 e. The van der Waals surface area contributed by atoms with Crippen LogP contribution >= 0.6 is 7.82 Å². The van der Waals surface area contributed by atoms with Gasteiger partial charge in [0.25, 0.3) is 0 Å². The van der Waals surface area contributed by atoms with E-state index < -0.39 is 51.1 Å². The van der Waals surface area contributed by atoms with Crippen LogP contribution in [0.25, 0.3) is 0 Å². The van der Waals surface area contributed by atoms with E-state index in [0.717, 1.165) is 57.8 Å². The van der Waals surface area contributed by atoms with Gasteiger partial charge in [0.1, 0.15) is 12.6 Å². The molecule has 328 valence electrons. The largest absolute Gasteiger partial charge is 0.480 e. The first kappa shape index (κ1) is 54.0. The van der Waals surface area contributed by atoms with E-state index in [4.69, 9.17) is 24.8 Å². The Kier molecular flexibility index (Phi) is 38.3. The van der Waals surface area contributed by atoms with Gasteiger partial charge in [0.05, 0.1) is 13.2 Å². The molecule has 0 fully saturated rings. The van der Waals surface area contributed by atoms with E-state index in [1.54, 1.807) is 0 Å². The van der Waals surface area contributed by atoms with Crippen LogP contribution < -0.4 is 5.73 Å². The van der Waals surface area contributed by atoms with Crippen molar-refractivity contribution in [2.45, 2.75) is 219 Å². The van der Waals surface area contributed by atoms with Gasteiger partial charge in [-0.3, -0.25) is 23.4 Å². The number of carbonyl (C=O) groups excluding carboxylic acids is 2. The number of aliphatic carboxylic acids is 1. The second kappa shape index (κ2) is 39.8. The third kappa shape index (κ3) is 38.8. The second-order valence-corrected chi connectivity index (χ2v) is 16.6. The molecule has 11 nitrogen and oxygen atoms in total. The van der Waals surface area contributed by atoms with E-state index >= 15 is 0 Å². The zero-order valence-corrected chi connectivity index (χ0v) is 36.4. The molecule has 0 saturated carbocycles. The van der Waals surface area contributed by atoms with Crippen LogP contribution in [0.15, 0.2) is 24.3 Å². The van der Waals surface area contributed by atoms with E-state index in [9.17, 15) is 23.8 Å². The van der Waals surface area contributed by atoms with Gasteiger partial charge in [-0.05, 0) is 64.2 Å². The number of carbonyl (C=O) groups is 3. The Morgan fingerprint density at radius 2 is 0.893 bits per heavy atom. The van der Waals surface area contributed by atoms with Gasteiger partial charge < -0.3 is 25.2 Å². The molecule has 0 bridgehead atoms. The van der Waals surface area contributed by atoms with Crippen LogP contribution in [0, 0.1) is 0 Å². The van der Waals surface area contributed by atoms with E-state index in [0.29, 0.717) is 12.8 Å². The molecular weight excluding hydrogens is 733 g/mol. The number of allylic oxidation sites excluding steroid dienone is 4. The summed E-state index contributed by atoms with van der Waals surface area (Å²) in [7, 11) is -4.71. The van der Waals surface area contributed by atoms with Gasteiger partial charge in [-0.2, -0.15) is 0 Å². The fourth-order valence-corrected chi connectivity index (χ4v) is 6.89. The molecule has 0 radical (unpaired) electrons. The normalized spacial score (nSPS) is 13.9. The lowest BCUT2D eigenvalue weighted by atomic mass is 10.1. The van der Waals surface area contributed by atoms with E-state index in [-0.39, 0.29) is 19.4 Å². The smallest absolute Gasteiger partial charge is 0.472 e. The summed E-state index contributed by atoms with van der Waals surface area (Å²) in [6.07, 6.45) is 41.0. The Morgan fingerprint density at radius 3 is 1.32 bits per heavy atom. The van der Waals surface area contributed by atoms with Crippen molar-refractivity contribution in [3.8, 4) is 0 Å². The SMILES string of the molecule is CCCCCC/C=C\CCCCCCCC(=O)OC[C@H](COP(=O)(O)OC[C@H](N)C(=O)O)OC(=O)CCCCCCCCCCC/C=C\CCCCCCCC. The molecule has 0 amide bonds. The first-order valence-electron chi connectivity index (χ1n) is 22.4. The first-order valence-corrected chi connectivity index (χ1v) is 23.9. The molecule has 0 spiro atoms. The summed E-state index contributed by atoms with van der Waals surface area (Å²) in [5.41, 5.74) is 5.33. The zero-order valence-electron chi connectivity index (χ0n) is 35.5. The van der Waals surface area contributed by atoms with Crippen LogP contribution in [0.3, 0.4) is 0 Å². The van der Waals surface area contributed by atoms with Crippen molar-refractivity contribution in [3.05, 3.63) is 24.3 Å². The highest BCUT2D eigenvalue weighted by atomic mass is 31.2. The maximum atomic E-state index is 12.6. The molecule has 1 unspecified atom stereocenters. The van der Waals surface area contributed by atoms with Gasteiger partial charge >= 0.3 is 25.7 Å². The molecule has 56 heavy (non-hydrogen) atoms. The number of unbranched alkanes of at least 4 members (excludes halogenated alkanes) is 24. The molecule has 0 aliphatic heterocycles. The zero-order chi connectivity index (χ0) is 41.4. The summed E-state index contributed by atoms with van der Waals surface area (Å²) in [6, 6.07) is -1.52. The summed E-state index contributed by atoms with van der Waals surface area (Å²) < 4.78 is 32.7. The number of carboxylic acids is 1. The van der Waals surface area contributed by atoms with E-state index in [2.05, 4.69) is 42.7 Å². The number of hydrogen-bond donors (Lipinski definition) is 3. The molecule has 3 atom stereocenters. The number of esters is 2. The Labute approximate surface area is 340 Å². The molecule has 12 heteroatoms. The van der Waals surface area contributed by atoms with Gasteiger partial charge in [0.2, 0.25) is 0 Å². The fourth-order valence-electron chi connectivity index (χ4n) is 6.11. The van der Waals surface area contributed by atoms with Crippen LogP contribution in [-0.4, -0.2) is 59.9 Å².